The molecule has 0 bridgehead atoms. The lowest BCUT2D eigenvalue weighted by Gasteiger charge is -2.26. The van der Waals surface area contributed by atoms with Crippen molar-refractivity contribution in [1.29, 1.82) is 0 Å². The van der Waals surface area contributed by atoms with Gasteiger partial charge in [0.2, 0.25) is 5.91 Å². The SMILES string of the molecule is C[C@@H](C(=O)N1CCNC1=O)N(C)Cc1cccs1. The zero-order valence-corrected chi connectivity index (χ0v) is 11.4. The molecule has 5 nitrogen and oxygen atoms in total. The molecule has 1 saturated heterocycles. The third-order valence-electron chi connectivity index (χ3n) is 3.13. The predicted octanol–water partition coefficient (Wildman–Crippen LogP) is 1.12. The molecule has 18 heavy (non-hydrogen) atoms. The quantitative estimate of drug-likeness (QED) is 0.889. The zero-order chi connectivity index (χ0) is 13.1. The molecule has 0 radical (unpaired) electrons. The smallest absolute Gasteiger partial charge is 0.324 e. The van der Waals surface area contributed by atoms with Crippen molar-refractivity contribution in [3.8, 4) is 0 Å². The Kier molecular flexibility index (Phi) is 3.98. The molecule has 1 aliphatic heterocycles. The highest BCUT2D eigenvalue weighted by molar-refractivity contribution is 7.09. The number of urea groups is 1. The van der Waals surface area contributed by atoms with Crippen LogP contribution < -0.4 is 5.32 Å². The van der Waals surface area contributed by atoms with Crippen LogP contribution in [0.25, 0.3) is 0 Å². The molecule has 0 spiro atoms. The number of hydrogen-bond acceptors (Lipinski definition) is 4. The zero-order valence-electron chi connectivity index (χ0n) is 10.5. The van der Waals surface area contributed by atoms with E-state index in [0.29, 0.717) is 13.1 Å². The lowest BCUT2D eigenvalue weighted by atomic mass is 10.2. The summed E-state index contributed by atoms with van der Waals surface area (Å²) < 4.78 is 0. The molecular formula is C12H17N3O2S. The van der Waals surface area contributed by atoms with E-state index in [0.717, 1.165) is 6.54 Å². The Balaban J connectivity index is 1.95. The number of thiophene rings is 1. The average molecular weight is 267 g/mol. The van der Waals surface area contributed by atoms with E-state index in [4.69, 9.17) is 0 Å². The molecule has 6 heteroatoms. The van der Waals surface area contributed by atoms with Gasteiger partial charge in [-0.3, -0.25) is 14.6 Å². The summed E-state index contributed by atoms with van der Waals surface area (Å²) in [7, 11) is 1.90. The fraction of sp³-hybridized carbons (Fsp3) is 0.500. The lowest BCUT2D eigenvalue weighted by molar-refractivity contribution is -0.132. The van der Waals surface area contributed by atoms with E-state index in [1.165, 1.54) is 9.78 Å². The highest BCUT2D eigenvalue weighted by Crippen LogP contribution is 2.14. The first kappa shape index (κ1) is 13.0. The van der Waals surface area contributed by atoms with Crippen LogP contribution in [0.4, 0.5) is 4.79 Å². The second kappa shape index (κ2) is 5.49. The molecule has 1 aromatic rings. The Morgan fingerprint density at radius 3 is 3.00 bits per heavy atom. The highest BCUT2D eigenvalue weighted by atomic mass is 32.1. The van der Waals surface area contributed by atoms with Crippen LogP contribution in [0, 0.1) is 0 Å². The van der Waals surface area contributed by atoms with Crippen molar-refractivity contribution in [3.63, 3.8) is 0 Å². The first-order chi connectivity index (χ1) is 8.59. The molecule has 98 valence electrons. The molecule has 1 aliphatic rings. The fourth-order valence-corrected chi connectivity index (χ4v) is 2.65. The molecule has 2 heterocycles. The standard InChI is InChI=1S/C12H17N3O2S/c1-9(11(16)15-6-5-13-12(15)17)14(2)8-10-4-3-7-18-10/h3-4,7,9H,5-6,8H2,1-2H3,(H,13,17)/t9-/m0/s1. The summed E-state index contributed by atoms with van der Waals surface area (Å²) in [5.41, 5.74) is 0. The molecule has 1 atom stereocenters. The summed E-state index contributed by atoms with van der Waals surface area (Å²) in [6.07, 6.45) is 0. The van der Waals surface area contributed by atoms with E-state index in [2.05, 4.69) is 5.32 Å². The van der Waals surface area contributed by atoms with Gasteiger partial charge in [-0.15, -0.1) is 11.3 Å². The third-order valence-corrected chi connectivity index (χ3v) is 3.99. The molecule has 1 aromatic heterocycles. The van der Waals surface area contributed by atoms with Crippen molar-refractivity contribution in [2.24, 2.45) is 0 Å². The minimum absolute atomic E-state index is 0.135. The Morgan fingerprint density at radius 2 is 2.44 bits per heavy atom. The van der Waals surface area contributed by atoms with Gasteiger partial charge in [-0.25, -0.2) is 4.79 Å². The van der Waals surface area contributed by atoms with Gasteiger partial charge in [0.05, 0.1) is 6.04 Å². The predicted molar refractivity (Wildman–Crippen MR) is 70.4 cm³/mol. The average Bonchev–Trinajstić information content (AvgIpc) is 2.98. The van der Waals surface area contributed by atoms with E-state index < -0.39 is 0 Å². The van der Waals surface area contributed by atoms with E-state index >= 15 is 0 Å². The summed E-state index contributed by atoms with van der Waals surface area (Å²) in [5, 5.41) is 4.66. The van der Waals surface area contributed by atoms with Crippen LogP contribution in [0.15, 0.2) is 17.5 Å². The number of nitrogens with one attached hydrogen (secondary N) is 1. The van der Waals surface area contributed by atoms with Gasteiger partial charge in [0.1, 0.15) is 0 Å². The van der Waals surface area contributed by atoms with Crippen molar-refractivity contribution in [2.45, 2.75) is 19.5 Å². The number of rotatable bonds is 4. The molecule has 0 aliphatic carbocycles. The van der Waals surface area contributed by atoms with Crippen molar-refractivity contribution in [1.82, 2.24) is 15.1 Å². The number of likely N-dealkylation sites (N-methyl/N-ethyl adjacent to an activating group) is 1. The van der Waals surface area contributed by atoms with Crippen LogP contribution in [0.5, 0.6) is 0 Å². The molecule has 1 fully saturated rings. The Morgan fingerprint density at radius 1 is 1.67 bits per heavy atom. The minimum atomic E-state index is -0.295. The Bertz CT molecular complexity index is 433. The number of nitrogens with zero attached hydrogens (tertiary/aromatic N) is 2. The number of hydrogen-bond donors (Lipinski definition) is 1. The maximum Gasteiger partial charge on any atom is 0.324 e. The van der Waals surface area contributed by atoms with E-state index in [1.54, 1.807) is 11.3 Å². The first-order valence-electron chi connectivity index (χ1n) is 5.91. The van der Waals surface area contributed by atoms with Gasteiger partial charge in [-0.2, -0.15) is 0 Å². The van der Waals surface area contributed by atoms with Crippen LogP contribution in [0.3, 0.4) is 0 Å². The highest BCUT2D eigenvalue weighted by Gasteiger charge is 2.31. The van der Waals surface area contributed by atoms with E-state index in [9.17, 15) is 9.59 Å². The number of carbonyl (C=O) groups excluding carboxylic acids is 2. The van der Waals surface area contributed by atoms with E-state index in [1.807, 2.05) is 36.4 Å². The molecule has 2 rings (SSSR count). The first-order valence-corrected chi connectivity index (χ1v) is 6.79. The van der Waals surface area contributed by atoms with Crippen molar-refractivity contribution in [2.75, 3.05) is 20.1 Å². The summed E-state index contributed by atoms with van der Waals surface area (Å²) in [4.78, 5) is 28.0. The van der Waals surface area contributed by atoms with Crippen molar-refractivity contribution >= 4 is 23.3 Å². The van der Waals surface area contributed by atoms with Gasteiger partial charge in [-0.05, 0) is 25.4 Å². The molecule has 0 aromatic carbocycles. The third kappa shape index (κ3) is 2.70. The van der Waals surface area contributed by atoms with Gasteiger partial charge in [0, 0.05) is 24.5 Å². The Labute approximate surface area is 110 Å². The van der Waals surface area contributed by atoms with Crippen molar-refractivity contribution in [3.05, 3.63) is 22.4 Å². The van der Waals surface area contributed by atoms with Gasteiger partial charge >= 0.3 is 6.03 Å². The summed E-state index contributed by atoms with van der Waals surface area (Å²) in [6.45, 7) is 3.57. The topological polar surface area (TPSA) is 52.7 Å². The number of imide groups is 1. The fourth-order valence-electron chi connectivity index (χ4n) is 1.88. The largest absolute Gasteiger partial charge is 0.336 e. The number of amides is 3. The summed E-state index contributed by atoms with van der Waals surface area (Å²) in [6, 6.07) is 3.46. The summed E-state index contributed by atoms with van der Waals surface area (Å²) in [5.74, 6) is -0.135. The second-order valence-electron chi connectivity index (χ2n) is 4.39. The van der Waals surface area contributed by atoms with Crippen molar-refractivity contribution < 1.29 is 9.59 Å². The molecule has 3 amide bonds. The van der Waals surface area contributed by atoms with Crippen LogP contribution in [-0.2, 0) is 11.3 Å². The van der Waals surface area contributed by atoms with Gasteiger partial charge in [-0.1, -0.05) is 6.07 Å². The van der Waals surface area contributed by atoms with Crippen LogP contribution in [0.2, 0.25) is 0 Å². The lowest BCUT2D eigenvalue weighted by Crippen LogP contribution is -2.46. The van der Waals surface area contributed by atoms with Gasteiger partial charge in [0.15, 0.2) is 0 Å². The molecule has 0 unspecified atom stereocenters. The van der Waals surface area contributed by atoms with E-state index in [-0.39, 0.29) is 18.0 Å². The second-order valence-corrected chi connectivity index (χ2v) is 5.42. The molecule has 0 saturated carbocycles. The van der Waals surface area contributed by atoms with Gasteiger partial charge < -0.3 is 5.32 Å². The van der Waals surface area contributed by atoms with Crippen LogP contribution in [0.1, 0.15) is 11.8 Å². The summed E-state index contributed by atoms with van der Waals surface area (Å²) >= 11 is 1.67. The Hall–Kier alpha value is -1.40. The maximum absolute atomic E-state index is 12.2. The van der Waals surface area contributed by atoms with Crippen LogP contribution in [-0.4, -0.2) is 47.9 Å². The molecule has 1 N–H and O–H groups in total. The maximum atomic E-state index is 12.2. The van der Waals surface area contributed by atoms with Gasteiger partial charge in [0.25, 0.3) is 0 Å². The number of carbonyl (C=O) groups is 2. The molecular weight excluding hydrogens is 250 g/mol. The normalized spacial score (nSPS) is 17.1. The van der Waals surface area contributed by atoms with Crippen LogP contribution >= 0.6 is 11.3 Å². The monoisotopic (exact) mass is 267 g/mol. The minimum Gasteiger partial charge on any atom is -0.336 e.